The zero-order valence-electron chi connectivity index (χ0n) is 13.9. The van der Waals surface area contributed by atoms with Crippen LogP contribution in [0.1, 0.15) is 58.0 Å². The maximum atomic E-state index is 13.0. The first-order valence-electron chi connectivity index (χ1n) is 8.63. The molecule has 2 aliphatic rings. The lowest BCUT2D eigenvalue weighted by Gasteiger charge is -2.38. The highest BCUT2D eigenvalue weighted by molar-refractivity contribution is 6.02. The monoisotopic (exact) mass is 339 g/mol. The van der Waals surface area contributed by atoms with Crippen LogP contribution in [0, 0.1) is 0 Å². The Hall–Kier alpha value is -2.67. The van der Waals surface area contributed by atoms with Crippen molar-refractivity contribution in [1.29, 1.82) is 0 Å². The number of hydrogen-bond donors (Lipinski definition) is 2. The second-order valence-corrected chi connectivity index (χ2v) is 6.68. The largest absolute Gasteiger partial charge is 0.329 e. The van der Waals surface area contributed by atoms with Gasteiger partial charge < -0.3 is 4.90 Å². The number of carbonyl (C=O) groups excluding carboxylic acids is 2. The molecule has 25 heavy (non-hydrogen) atoms. The molecule has 2 atom stereocenters. The molecule has 1 fully saturated rings. The van der Waals surface area contributed by atoms with Crippen molar-refractivity contribution >= 4 is 11.8 Å². The predicted molar refractivity (Wildman–Crippen MR) is 91.5 cm³/mol. The van der Waals surface area contributed by atoms with Crippen molar-refractivity contribution < 1.29 is 9.59 Å². The van der Waals surface area contributed by atoms with Gasteiger partial charge in [-0.25, -0.2) is 5.84 Å². The molecule has 1 saturated carbocycles. The molecule has 130 valence electrons. The van der Waals surface area contributed by atoms with Gasteiger partial charge in [0, 0.05) is 30.1 Å². The van der Waals surface area contributed by atoms with Crippen LogP contribution in [0.5, 0.6) is 0 Å². The average Bonchev–Trinajstić information content (AvgIpc) is 3.29. The van der Waals surface area contributed by atoms with Crippen LogP contribution in [0.2, 0.25) is 0 Å². The van der Waals surface area contributed by atoms with Gasteiger partial charge in [-0.05, 0) is 36.6 Å². The number of rotatable bonds is 3. The highest BCUT2D eigenvalue weighted by atomic mass is 16.2. The number of fused-ring (bicyclic) bond motifs is 1. The Morgan fingerprint density at radius 1 is 1.24 bits per heavy atom. The average molecular weight is 339 g/mol. The van der Waals surface area contributed by atoms with Gasteiger partial charge in [0.1, 0.15) is 0 Å². The van der Waals surface area contributed by atoms with E-state index >= 15 is 0 Å². The summed E-state index contributed by atoms with van der Waals surface area (Å²) in [6, 6.07) is 7.46. The molecule has 1 aliphatic carbocycles. The van der Waals surface area contributed by atoms with Gasteiger partial charge in [0.05, 0.1) is 12.1 Å². The van der Waals surface area contributed by atoms with E-state index in [1.54, 1.807) is 18.3 Å². The van der Waals surface area contributed by atoms with Crippen LogP contribution in [-0.4, -0.2) is 32.5 Å². The summed E-state index contributed by atoms with van der Waals surface area (Å²) in [5.41, 5.74) is 4.08. The maximum absolute atomic E-state index is 13.0. The molecule has 4 rings (SSSR count). The zero-order chi connectivity index (χ0) is 17.4. The van der Waals surface area contributed by atoms with Crippen molar-refractivity contribution in [3.63, 3.8) is 0 Å². The summed E-state index contributed by atoms with van der Waals surface area (Å²) in [6.45, 7) is 0.584. The first kappa shape index (κ1) is 15.8. The fourth-order valence-electron chi connectivity index (χ4n) is 4.06. The molecule has 0 radical (unpaired) electrons. The molecule has 1 aromatic carbocycles. The Kier molecular flexibility index (Phi) is 4.01. The third-order valence-corrected chi connectivity index (χ3v) is 5.29. The van der Waals surface area contributed by atoms with Gasteiger partial charge in [-0.15, -0.1) is 0 Å². The minimum Gasteiger partial charge on any atom is -0.329 e. The number of nitrogens with two attached hydrogens (primary N) is 1. The quantitative estimate of drug-likeness (QED) is 0.505. The summed E-state index contributed by atoms with van der Waals surface area (Å²) in [6.07, 6.45) is 8.01. The number of hydrogen-bond acceptors (Lipinski definition) is 4. The van der Waals surface area contributed by atoms with Crippen molar-refractivity contribution in [2.45, 2.75) is 44.3 Å². The topological polar surface area (TPSA) is 93.2 Å². The molecule has 0 bridgehead atoms. The van der Waals surface area contributed by atoms with Crippen molar-refractivity contribution in [2.24, 2.45) is 5.84 Å². The first-order valence-corrected chi connectivity index (χ1v) is 8.63. The molecule has 1 aliphatic heterocycles. The first-order chi connectivity index (χ1) is 12.2. The molecule has 7 nitrogen and oxygen atoms in total. The van der Waals surface area contributed by atoms with E-state index in [0.29, 0.717) is 17.7 Å². The Morgan fingerprint density at radius 3 is 2.76 bits per heavy atom. The van der Waals surface area contributed by atoms with Crippen LogP contribution in [0.15, 0.2) is 36.7 Å². The Labute approximate surface area is 145 Å². The van der Waals surface area contributed by atoms with E-state index in [4.69, 9.17) is 5.84 Å². The highest BCUT2D eigenvalue weighted by Crippen LogP contribution is 2.36. The number of hydrazine groups is 1. The normalized spacial score (nSPS) is 22.8. The summed E-state index contributed by atoms with van der Waals surface area (Å²) >= 11 is 0. The van der Waals surface area contributed by atoms with E-state index < -0.39 is 0 Å². The molecule has 0 saturated heterocycles. The fourth-order valence-corrected chi connectivity index (χ4v) is 4.06. The summed E-state index contributed by atoms with van der Waals surface area (Å²) in [5.74, 6) is 4.80. The van der Waals surface area contributed by atoms with E-state index in [9.17, 15) is 9.59 Å². The van der Waals surface area contributed by atoms with Crippen molar-refractivity contribution in [3.8, 4) is 0 Å². The number of nitrogen functional groups attached to an aromatic ring is 1. The van der Waals surface area contributed by atoms with E-state index in [-0.39, 0.29) is 23.9 Å². The number of benzene rings is 1. The lowest BCUT2D eigenvalue weighted by molar-refractivity contribution is 0.0559. The molecule has 1 aromatic heterocycles. The Balaban J connectivity index is 1.63. The lowest BCUT2D eigenvalue weighted by atomic mass is 9.89. The van der Waals surface area contributed by atoms with Gasteiger partial charge in [0.15, 0.2) is 0 Å². The molecule has 7 heteroatoms. The standard InChI is InChI=1S/C18H21N5O2/c19-21-17(24)12-6-7-13-11-22(18(25)14(13)10-12)15-4-1-2-5-16(15)23-9-3-8-20-23/h3,6-10,15-16H,1-2,4-5,11,19H2,(H,21,24)/t15-,16?/m0/s1. The van der Waals surface area contributed by atoms with Crippen molar-refractivity contribution in [3.05, 3.63) is 53.3 Å². The summed E-state index contributed by atoms with van der Waals surface area (Å²) in [7, 11) is 0. The second-order valence-electron chi connectivity index (χ2n) is 6.68. The van der Waals surface area contributed by atoms with Crippen LogP contribution in [0.25, 0.3) is 0 Å². The van der Waals surface area contributed by atoms with Gasteiger partial charge in [0.2, 0.25) is 0 Å². The molecular weight excluding hydrogens is 318 g/mol. The molecular formula is C18H21N5O2. The number of nitrogens with zero attached hydrogens (tertiary/aromatic N) is 3. The number of carbonyl (C=O) groups is 2. The van der Waals surface area contributed by atoms with Crippen molar-refractivity contribution in [1.82, 2.24) is 20.1 Å². The lowest BCUT2D eigenvalue weighted by Crippen LogP contribution is -2.43. The van der Waals surface area contributed by atoms with Crippen LogP contribution < -0.4 is 11.3 Å². The Bertz CT molecular complexity index is 802. The summed E-state index contributed by atoms with van der Waals surface area (Å²) in [5, 5.41) is 4.40. The summed E-state index contributed by atoms with van der Waals surface area (Å²) in [4.78, 5) is 26.7. The van der Waals surface area contributed by atoms with Gasteiger partial charge in [0.25, 0.3) is 11.8 Å². The fraction of sp³-hybridized carbons (Fsp3) is 0.389. The van der Waals surface area contributed by atoms with Gasteiger partial charge in [-0.1, -0.05) is 18.9 Å². The van der Waals surface area contributed by atoms with Crippen LogP contribution >= 0.6 is 0 Å². The smallest absolute Gasteiger partial charge is 0.265 e. The van der Waals surface area contributed by atoms with Gasteiger partial charge in [-0.3, -0.25) is 19.7 Å². The third-order valence-electron chi connectivity index (χ3n) is 5.29. The predicted octanol–water partition coefficient (Wildman–Crippen LogP) is 1.63. The summed E-state index contributed by atoms with van der Waals surface area (Å²) < 4.78 is 1.98. The van der Waals surface area contributed by atoms with E-state index in [2.05, 4.69) is 10.5 Å². The molecule has 0 spiro atoms. The third kappa shape index (κ3) is 2.70. The van der Waals surface area contributed by atoms with Gasteiger partial charge in [-0.2, -0.15) is 5.10 Å². The molecule has 2 amide bonds. The minimum atomic E-state index is -0.388. The minimum absolute atomic E-state index is 0.00859. The number of aromatic nitrogens is 2. The SMILES string of the molecule is NNC(=O)c1ccc2c(c1)C(=O)N([C@H]1CCCCC1n1cccn1)C2. The van der Waals surface area contributed by atoms with E-state index in [1.807, 2.05) is 27.9 Å². The number of nitrogens with one attached hydrogen (secondary N) is 1. The van der Waals surface area contributed by atoms with E-state index in [0.717, 1.165) is 31.2 Å². The van der Waals surface area contributed by atoms with E-state index in [1.165, 1.54) is 0 Å². The number of amides is 2. The van der Waals surface area contributed by atoms with Crippen LogP contribution in [0.3, 0.4) is 0 Å². The Morgan fingerprint density at radius 2 is 2.04 bits per heavy atom. The van der Waals surface area contributed by atoms with Gasteiger partial charge >= 0.3 is 0 Å². The molecule has 3 N–H and O–H groups in total. The van der Waals surface area contributed by atoms with Crippen LogP contribution in [0.4, 0.5) is 0 Å². The highest BCUT2D eigenvalue weighted by Gasteiger charge is 2.39. The molecule has 1 unspecified atom stereocenters. The molecule has 2 heterocycles. The maximum Gasteiger partial charge on any atom is 0.265 e. The van der Waals surface area contributed by atoms with Crippen LogP contribution in [-0.2, 0) is 6.54 Å². The zero-order valence-corrected chi connectivity index (χ0v) is 13.9. The second kappa shape index (κ2) is 6.33. The van der Waals surface area contributed by atoms with Crippen molar-refractivity contribution in [2.75, 3.05) is 0 Å². The molecule has 2 aromatic rings.